The third kappa shape index (κ3) is 6.68. The summed E-state index contributed by atoms with van der Waals surface area (Å²) >= 11 is 1.35. The Balaban J connectivity index is 1.79. The van der Waals surface area contributed by atoms with E-state index in [1.54, 1.807) is 26.2 Å². The van der Waals surface area contributed by atoms with Crippen molar-refractivity contribution >= 4 is 34.4 Å². The van der Waals surface area contributed by atoms with E-state index in [4.69, 9.17) is 9.47 Å². The van der Waals surface area contributed by atoms with Crippen LogP contribution < -0.4 is 21.1 Å². The lowest BCUT2D eigenvalue weighted by Gasteiger charge is -2.25. The van der Waals surface area contributed by atoms with Gasteiger partial charge in [-0.2, -0.15) is 0 Å². The Morgan fingerprint density at radius 3 is 2.56 bits per heavy atom. The van der Waals surface area contributed by atoms with Gasteiger partial charge < -0.3 is 19.7 Å². The molecule has 1 aromatic heterocycles. The molecule has 0 bridgehead atoms. The van der Waals surface area contributed by atoms with Crippen LogP contribution in [0.25, 0.3) is 0 Å². The first-order valence-electron chi connectivity index (χ1n) is 8.53. The smallest absolute Gasteiger partial charge is 0.408 e. The largest absolute Gasteiger partial charge is 0.444 e. The van der Waals surface area contributed by atoms with E-state index in [1.807, 2.05) is 4.90 Å². The molecule has 0 aliphatic carbocycles. The number of anilines is 1. The zero-order valence-corrected chi connectivity index (χ0v) is 16.6. The molecule has 0 unspecified atom stereocenters. The Hall–Kier alpha value is -2.40. The molecule has 3 amide bonds. The van der Waals surface area contributed by atoms with E-state index in [1.165, 1.54) is 18.3 Å². The fraction of sp³-hybridized carbons (Fsp3) is 0.625. The Bertz CT molecular complexity index is 681. The summed E-state index contributed by atoms with van der Waals surface area (Å²) < 4.78 is 10.4. The lowest BCUT2D eigenvalue weighted by molar-refractivity contribution is -0.123. The summed E-state index contributed by atoms with van der Waals surface area (Å²) in [5, 5.41) is 4.74. The zero-order valence-electron chi connectivity index (χ0n) is 15.8. The van der Waals surface area contributed by atoms with Gasteiger partial charge in [-0.05, 0) is 27.7 Å². The number of morpholine rings is 1. The van der Waals surface area contributed by atoms with Gasteiger partial charge in [-0.15, -0.1) is 11.3 Å². The summed E-state index contributed by atoms with van der Waals surface area (Å²) in [7, 11) is 0. The van der Waals surface area contributed by atoms with E-state index in [0.717, 1.165) is 18.2 Å². The highest BCUT2D eigenvalue weighted by molar-refractivity contribution is 7.13. The Morgan fingerprint density at radius 1 is 1.26 bits per heavy atom. The lowest BCUT2D eigenvalue weighted by atomic mass is 10.2. The zero-order chi connectivity index (χ0) is 20.0. The molecule has 2 heterocycles. The van der Waals surface area contributed by atoms with E-state index in [0.29, 0.717) is 13.2 Å². The predicted molar refractivity (Wildman–Crippen MR) is 99.6 cm³/mol. The summed E-state index contributed by atoms with van der Waals surface area (Å²) in [6.07, 6.45) is -0.717. The molecule has 0 saturated carbocycles. The molecule has 10 nitrogen and oxygen atoms in total. The molecule has 0 spiro atoms. The van der Waals surface area contributed by atoms with Crippen molar-refractivity contribution in [1.29, 1.82) is 0 Å². The van der Waals surface area contributed by atoms with E-state index in [-0.39, 0.29) is 5.69 Å². The third-order valence-electron chi connectivity index (χ3n) is 3.43. The molecule has 0 radical (unpaired) electrons. The number of aromatic nitrogens is 1. The summed E-state index contributed by atoms with van der Waals surface area (Å²) in [4.78, 5) is 42.1. The van der Waals surface area contributed by atoms with Crippen LogP contribution in [0.3, 0.4) is 0 Å². The Morgan fingerprint density at radius 2 is 1.93 bits per heavy atom. The van der Waals surface area contributed by atoms with Crippen molar-refractivity contribution in [3.8, 4) is 0 Å². The van der Waals surface area contributed by atoms with Crippen molar-refractivity contribution in [1.82, 2.24) is 21.2 Å². The van der Waals surface area contributed by atoms with Gasteiger partial charge in [0.25, 0.3) is 11.8 Å². The van der Waals surface area contributed by atoms with Crippen LogP contribution in [-0.2, 0) is 14.3 Å². The highest BCUT2D eigenvalue weighted by atomic mass is 32.1. The van der Waals surface area contributed by atoms with E-state index >= 15 is 0 Å². The van der Waals surface area contributed by atoms with Gasteiger partial charge in [0.15, 0.2) is 5.13 Å². The fourth-order valence-corrected chi connectivity index (χ4v) is 2.97. The average molecular weight is 399 g/mol. The monoisotopic (exact) mass is 399 g/mol. The first-order chi connectivity index (χ1) is 12.7. The molecule has 27 heavy (non-hydrogen) atoms. The Labute approximate surface area is 161 Å². The van der Waals surface area contributed by atoms with Gasteiger partial charge in [0.2, 0.25) is 0 Å². The van der Waals surface area contributed by atoms with Crippen LogP contribution in [-0.4, -0.2) is 60.8 Å². The maximum Gasteiger partial charge on any atom is 0.408 e. The number of carbonyl (C=O) groups excluding carboxylic acids is 3. The second-order valence-corrected chi connectivity index (χ2v) is 7.76. The summed E-state index contributed by atoms with van der Waals surface area (Å²) in [6.45, 7) is 9.33. The molecule has 1 saturated heterocycles. The van der Waals surface area contributed by atoms with Gasteiger partial charge in [-0.1, -0.05) is 0 Å². The number of nitrogens with one attached hydrogen (secondary N) is 3. The molecule has 2 rings (SSSR count). The molecule has 1 aromatic rings. The number of alkyl carbamates (subject to hydrolysis) is 1. The summed E-state index contributed by atoms with van der Waals surface area (Å²) in [5.74, 6) is -1.12. The SMILES string of the molecule is C[C@@H](NC(=O)OC(C)(C)C)C(=O)NNC(=O)c1csc(N2CCOCC2)n1. The van der Waals surface area contributed by atoms with E-state index in [2.05, 4.69) is 21.2 Å². The van der Waals surface area contributed by atoms with Crippen LogP contribution in [0.4, 0.5) is 9.93 Å². The molecule has 0 aromatic carbocycles. The van der Waals surface area contributed by atoms with Gasteiger partial charge in [0, 0.05) is 18.5 Å². The maximum absolute atomic E-state index is 12.1. The predicted octanol–water partition coefficient (Wildman–Crippen LogP) is 0.654. The molecule has 3 N–H and O–H groups in total. The van der Waals surface area contributed by atoms with Gasteiger partial charge in [0.05, 0.1) is 13.2 Å². The first-order valence-corrected chi connectivity index (χ1v) is 9.41. The lowest BCUT2D eigenvalue weighted by Crippen LogP contribution is -2.51. The van der Waals surface area contributed by atoms with E-state index < -0.39 is 29.6 Å². The van der Waals surface area contributed by atoms with Crippen LogP contribution in [0.15, 0.2) is 5.38 Å². The number of nitrogens with zero attached hydrogens (tertiary/aromatic N) is 2. The van der Waals surface area contributed by atoms with Crippen LogP contribution in [0, 0.1) is 0 Å². The number of thiazole rings is 1. The number of rotatable bonds is 4. The number of hydrogen-bond acceptors (Lipinski definition) is 8. The molecule has 1 fully saturated rings. The highest BCUT2D eigenvalue weighted by Crippen LogP contribution is 2.21. The van der Waals surface area contributed by atoms with Crippen molar-refractivity contribution < 1.29 is 23.9 Å². The van der Waals surface area contributed by atoms with Crippen molar-refractivity contribution in [3.05, 3.63) is 11.1 Å². The minimum absolute atomic E-state index is 0.203. The Kier molecular flexibility index (Phi) is 6.97. The fourth-order valence-electron chi connectivity index (χ4n) is 2.11. The second-order valence-electron chi connectivity index (χ2n) is 6.93. The van der Waals surface area contributed by atoms with Gasteiger partial charge >= 0.3 is 6.09 Å². The standard InChI is InChI=1S/C16H25N5O5S/c1-10(17-15(24)26-16(2,3)4)12(22)19-20-13(23)11-9-27-14(18-11)21-5-7-25-8-6-21/h9-10H,5-8H2,1-4H3,(H,17,24)(H,19,22)(H,20,23)/t10-/m1/s1. The van der Waals surface area contributed by atoms with Crippen molar-refractivity contribution in [2.45, 2.75) is 39.3 Å². The molecular weight excluding hydrogens is 374 g/mol. The normalized spacial score (nSPS) is 15.6. The molecule has 1 aliphatic heterocycles. The minimum atomic E-state index is -0.889. The minimum Gasteiger partial charge on any atom is -0.444 e. The quantitative estimate of drug-likeness (QED) is 0.636. The topological polar surface area (TPSA) is 122 Å². The number of ether oxygens (including phenoxy) is 2. The van der Waals surface area contributed by atoms with Crippen LogP contribution >= 0.6 is 11.3 Å². The molecule has 1 atom stereocenters. The van der Waals surface area contributed by atoms with Gasteiger partial charge in [0.1, 0.15) is 17.3 Å². The van der Waals surface area contributed by atoms with Crippen molar-refractivity contribution in [3.63, 3.8) is 0 Å². The average Bonchev–Trinajstić information content (AvgIpc) is 3.08. The van der Waals surface area contributed by atoms with Crippen molar-refractivity contribution in [2.75, 3.05) is 31.2 Å². The van der Waals surface area contributed by atoms with Crippen molar-refractivity contribution in [2.24, 2.45) is 0 Å². The summed E-state index contributed by atoms with van der Waals surface area (Å²) in [5.41, 5.74) is 4.08. The van der Waals surface area contributed by atoms with E-state index in [9.17, 15) is 14.4 Å². The molecule has 11 heteroatoms. The molecule has 1 aliphatic rings. The first kappa shape index (κ1) is 20.9. The third-order valence-corrected chi connectivity index (χ3v) is 4.33. The highest BCUT2D eigenvalue weighted by Gasteiger charge is 2.22. The summed E-state index contributed by atoms with van der Waals surface area (Å²) in [6, 6.07) is -0.889. The number of amides is 3. The second kappa shape index (κ2) is 9.00. The number of carbonyl (C=O) groups is 3. The van der Waals surface area contributed by atoms with Crippen LogP contribution in [0.2, 0.25) is 0 Å². The maximum atomic E-state index is 12.1. The molecule has 150 valence electrons. The van der Waals surface area contributed by atoms with Gasteiger partial charge in [-0.3, -0.25) is 20.4 Å². The van der Waals surface area contributed by atoms with Gasteiger partial charge in [-0.25, -0.2) is 9.78 Å². The molecular formula is C16H25N5O5S. The number of hydrazine groups is 1. The van der Waals surface area contributed by atoms with Crippen LogP contribution in [0.1, 0.15) is 38.2 Å². The number of hydrogen-bond donors (Lipinski definition) is 3. The van der Waals surface area contributed by atoms with Crippen LogP contribution in [0.5, 0.6) is 0 Å².